The first-order chi connectivity index (χ1) is 7.54. The Hall–Kier alpha value is -1.35. The van der Waals surface area contributed by atoms with E-state index in [1.165, 1.54) is 0 Å². The molecule has 1 atom stereocenters. The zero-order chi connectivity index (χ0) is 11.8. The van der Waals surface area contributed by atoms with Crippen LogP contribution >= 0.6 is 0 Å². The third kappa shape index (κ3) is 1.71. The van der Waals surface area contributed by atoms with Gasteiger partial charge in [0.1, 0.15) is 5.54 Å². The molecule has 86 valence electrons. The second-order valence-corrected chi connectivity index (χ2v) is 4.67. The molecule has 2 rings (SSSR count). The number of ketones is 1. The van der Waals surface area contributed by atoms with E-state index in [1.54, 1.807) is 0 Å². The Morgan fingerprint density at radius 3 is 2.31 bits per heavy atom. The Morgan fingerprint density at radius 2 is 1.88 bits per heavy atom. The average molecular weight is 218 g/mol. The highest BCUT2D eigenvalue weighted by molar-refractivity contribution is 5.91. The Labute approximate surface area is 96.5 Å². The first-order valence-corrected chi connectivity index (χ1v) is 5.60. The van der Waals surface area contributed by atoms with Gasteiger partial charge in [-0.2, -0.15) is 0 Å². The minimum Gasteiger partial charge on any atom is -0.378 e. The van der Waals surface area contributed by atoms with Crippen molar-refractivity contribution in [2.75, 3.05) is 25.5 Å². The zero-order valence-electron chi connectivity index (χ0n) is 10.1. The van der Waals surface area contributed by atoms with Gasteiger partial charge in [0.25, 0.3) is 0 Å². The maximum Gasteiger partial charge on any atom is 0.158 e. The Morgan fingerprint density at radius 1 is 1.25 bits per heavy atom. The number of hydrogen-bond donors (Lipinski definition) is 1. The van der Waals surface area contributed by atoms with Crippen LogP contribution in [0.3, 0.4) is 0 Å². The van der Waals surface area contributed by atoms with Crippen molar-refractivity contribution in [3.63, 3.8) is 0 Å². The SMILES string of the molecule is CN(C)c1ccc(C2(C)NCCC2=O)cc1. The number of nitrogens with zero attached hydrogens (tertiary/aromatic N) is 1. The van der Waals surface area contributed by atoms with Crippen molar-refractivity contribution in [1.82, 2.24) is 5.32 Å². The quantitative estimate of drug-likeness (QED) is 0.817. The molecule has 0 aliphatic carbocycles. The molecule has 1 aliphatic rings. The minimum atomic E-state index is -0.481. The van der Waals surface area contributed by atoms with Crippen LogP contribution in [0.2, 0.25) is 0 Å². The topological polar surface area (TPSA) is 32.3 Å². The van der Waals surface area contributed by atoms with E-state index < -0.39 is 5.54 Å². The molecule has 0 radical (unpaired) electrons. The lowest BCUT2D eigenvalue weighted by Crippen LogP contribution is -2.38. The summed E-state index contributed by atoms with van der Waals surface area (Å²) in [5.41, 5.74) is 1.73. The number of anilines is 1. The lowest BCUT2D eigenvalue weighted by atomic mass is 9.89. The van der Waals surface area contributed by atoms with Crippen LogP contribution in [0.25, 0.3) is 0 Å². The fourth-order valence-corrected chi connectivity index (χ4v) is 2.13. The highest BCUT2D eigenvalue weighted by Crippen LogP contribution is 2.28. The van der Waals surface area contributed by atoms with Gasteiger partial charge in [-0.15, -0.1) is 0 Å². The van der Waals surface area contributed by atoms with Gasteiger partial charge in [-0.25, -0.2) is 0 Å². The number of rotatable bonds is 2. The van der Waals surface area contributed by atoms with Crippen LogP contribution < -0.4 is 10.2 Å². The highest BCUT2D eigenvalue weighted by Gasteiger charge is 2.38. The monoisotopic (exact) mass is 218 g/mol. The van der Waals surface area contributed by atoms with Crippen molar-refractivity contribution in [3.8, 4) is 0 Å². The van der Waals surface area contributed by atoms with Gasteiger partial charge in [-0.05, 0) is 24.6 Å². The Bertz CT molecular complexity index is 397. The Kier molecular flexibility index (Phi) is 2.72. The van der Waals surface area contributed by atoms with Crippen molar-refractivity contribution < 1.29 is 4.79 Å². The molecular weight excluding hydrogens is 200 g/mol. The zero-order valence-corrected chi connectivity index (χ0v) is 10.1. The van der Waals surface area contributed by atoms with Crippen LogP contribution in [0.4, 0.5) is 5.69 Å². The largest absolute Gasteiger partial charge is 0.378 e. The number of benzene rings is 1. The number of carbonyl (C=O) groups excluding carboxylic acids is 1. The van der Waals surface area contributed by atoms with Crippen molar-refractivity contribution >= 4 is 11.5 Å². The van der Waals surface area contributed by atoms with Gasteiger partial charge in [0, 0.05) is 32.7 Å². The van der Waals surface area contributed by atoms with E-state index in [0.717, 1.165) is 17.8 Å². The molecule has 3 nitrogen and oxygen atoms in total. The van der Waals surface area contributed by atoms with Crippen molar-refractivity contribution in [3.05, 3.63) is 29.8 Å². The predicted molar refractivity (Wildman–Crippen MR) is 65.7 cm³/mol. The van der Waals surface area contributed by atoms with E-state index in [2.05, 4.69) is 10.2 Å². The first kappa shape index (κ1) is 11.1. The van der Waals surface area contributed by atoms with Crippen LogP contribution in [0.1, 0.15) is 18.9 Å². The standard InChI is InChI=1S/C13H18N2O/c1-13(12(16)8-9-14-13)10-4-6-11(7-5-10)15(2)3/h4-7,14H,8-9H2,1-3H3. The minimum absolute atomic E-state index is 0.283. The number of carbonyl (C=O) groups is 1. The summed E-state index contributed by atoms with van der Waals surface area (Å²) in [7, 11) is 4.02. The number of hydrogen-bond acceptors (Lipinski definition) is 3. The first-order valence-electron chi connectivity index (χ1n) is 5.60. The van der Waals surface area contributed by atoms with Gasteiger partial charge >= 0.3 is 0 Å². The van der Waals surface area contributed by atoms with Crippen LogP contribution in [0.15, 0.2) is 24.3 Å². The third-order valence-electron chi connectivity index (χ3n) is 3.35. The molecule has 1 fully saturated rings. The molecule has 0 spiro atoms. The van der Waals surface area contributed by atoms with Gasteiger partial charge in [0.05, 0.1) is 0 Å². The predicted octanol–water partition coefficient (Wildman–Crippen LogP) is 1.53. The average Bonchev–Trinajstić information content (AvgIpc) is 2.61. The van der Waals surface area contributed by atoms with E-state index in [4.69, 9.17) is 0 Å². The highest BCUT2D eigenvalue weighted by atomic mass is 16.1. The molecule has 1 N–H and O–H groups in total. The van der Waals surface area contributed by atoms with E-state index in [-0.39, 0.29) is 5.78 Å². The van der Waals surface area contributed by atoms with Crippen molar-refractivity contribution in [2.24, 2.45) is 0 Å². The van der Waals surface area contributed by atoms with Gasteiger partial charge < -0.3 is 10.2 Å². The lowest BCUT2D eigenvalue weighted by molar-refractivity contribution is -0.122. The fourth-order valence-electron chi connectivity index (χ4n) is 2.13. The molecule has 0 bridgehead atoms. The molecule has 1 aromatic carbocycles. The van der Waals surface area contributed by atoms with Gasteiger partial charge in [0.15, 0.2) is 5.78 Å². The third-order valence-corrected chi connectivity index (χ3v) is 3.35. The molecule has 0 amide bonds. The van der Waals surface area contributed by atoms with Crippen LogP contribution in [-0.2, 0) is 10.3 Å². The summed E-state index contributed by atoms with van der Waals surface area (Å²) < 4.78 is 0. The van der Waals surface area contributed by atoms with E-state index in [0.29, 0.717) is 6.42 Å². The molecule has 1 heterocycles. The van der Waals surface area contributed by atoms with Crippen LogP contribution in [-0.4, -0.2) is 26.4 Å². The van der Waals surface area contributed by atoms with Crippen LogP contribution in [0, 0.1) is 0 Å². The van der Waals surface area contributed by atoms with E-state index in [1.807, 2.05) is 45.3 Å². The van der Waals surface area contributed by atoms with Gasteiger partial charge in [-0.1, -0.05) is 12.1 Å². The normalized spacial score (nSPS) is 24.8. The summed E-state index contributed by atoms with van der Waals surface area (Å²) in [4.78, 5) is 13.9. The summed E-state index contributed by atoms with van der Waals surface area (Å²) in [6.07, 6.45) is 0.631. The summed E-state index contributed by atoms with van der Waals surface area (Å²) in [6, 6.07) is 8.17. The Balaban J connectivity index is 2.31. The summed E-state index contributed by atoms with van der Waals surface area (Å²) in [5.74, 6) is 0.283. The van der Waals surface area contributed by atoms with Crippen molar-refractivity contribution in [2.45, 2.75) is 18.9 Å². The second-order valence-electron chi connectivity index (χ2n) is 4.67. The van der Waals surface area contributed by atoms with E-state index in [9.17, 15) is 4.79 Å². The molecule has 1 aromatic rings. The lowest BCUT2D eigenvalue weighted by Gasteiger charge is -2.24. The smallest absolute Gasteiger partial charge is 0.158 e. The molecule has 1 saturated heterocycles. The summed E-state index contributed by atoms with van der Waals surface area (Å²) in [5, 5.41) is 3.28. The molecule has 16 heavy (non-hydrogen) atoms. The summed E-state index contributed by atoms with van der Waals surface area (Å²) in [6.45, 7) is 2.75. The molecule has 0 saturated carbocycles. The molecule has 1 aliphatic heterocycles. The van der Waals surface area contributed by atoms with Gasteiger partial charge in [-0.3, -0.25) is 4.79 Å². The van der Waals surface area contributed by atoms with E-state index >= 15 is 0 Å². The second kappa shape index (κ2) is 3.91. The molecule has 3 heteroatoms. The number of nitrogens with one attached hydrogen (secondary N) is 1. The maximum atomic E-state index is 11.8. The maximum absolute atomic E-state index is 11.8. The number of Topliss-reactive ketones (excluding diaryl/α,β-unsaturated/α-hetero) is 1. The van der Waals surface area contributed by atoms with Crippen molar-refractivity contribution in [1.29, 1.82) is 0 Å². The summed E-state index contributed by atoms with van der Waals surface area (Å²) >= 11 is 0. The van der Waals surface area contributed by atoms with Gasteiger partial charge in [0.2, 0.25) is 0 Å². The fraction of sp³-hybridized carbons (Fsp3) is 0.462. The van der Waals surface area contributed by atoms with Crippen LogP contribution in [0.5, 0.6) is 0 Å². The molecular formula is C13H18N2O. The molecule has 0 aromatic heterocycles. The molecule has 1 unspecified atom stereocenters.